The van der Waals surface area contributed by atoms with Gasteiger partial charge in [-0.1, -0.05) is 82.8 Å². The van der Waals surface area contributed by atoms with Gasteiger partial charge < -0.3 is 9.80 Å². The second-order valence-electron chi connectivity index (χ2n) is 12.1. The monoisotopic (exact) mass is 726 g/mol. The lowest BCUT2D eigenvalue weighted by molar-refractivity contribution is 0.0720. The third kappa shape index (κ3) is 6.23. The molecule has 246 valence electrons. The SMILES string of the molecule is Cc1c(-c2ccc(Cl)cc2Cl)nc2ccccc2c1C(=O)N1CCCN(C(=O)c2c(C)c(-c3ccc(Cl)cc3Cl)nc3ccccc23)CC1. The van der Waals surface area contributed by atoms with Gasteiger partial charge in [-0.3, -0.25) is 9.59 Å². The van der Waals surface area contributed by atoms with E-state index >= 15 is 0 Å². The predicted octanol–water partition coefficient (Wildman–Crippen LogP) is 10.3. The summed E-state index contributed by atoms with van der Waals surface area (Å²) in [7, 11) is 0. The Hall–Kier alpha value is -4.20. The van der Waals surface area contributed by atoms with Gasteiger partial charge in [0.15, 0.2) is 0 Å². The Morgan fingerprint density at radius 1 is 0.571 bits per heavy atom. The number of amides is 2. The van der Waals surface area contributed by atoms with Gasteiger partial charge in [-0.05, 0) is 79.9 Å². The zero-order valence-electron chi connectivity index (χ0n) is 26.7. The number of rotatable bonds is 4. The minimum atomic E-state index is -0.109. The van der Waals surface area contributed by atoms with Crippen LogP contribution in [0.3, 0.4) is 0 Å². The third-order valence-electron chi connectivity index (χ3n) is 9.14. The van der Waals surface area contributed by atoms with E-state index in [-0.39, 0.29) is 11.8 Å². The fourth-order valence-electron chi connectivity index (χ4n) is 6.69. The number of halogens is 4. The summed E-state index contributed by atoms with van der Waals surface area (Å²) in [5.41, 5.74) is 6.68. The molecule has 1 saturated heterocycles. The number of para-hydroxylation sites is 2. The van der Waals surface area contributed by atoms with Crippen LogP contribution in [0.4, 0.5) is 0 Å². The number of carbonyl (C=O) groups excluding carboxylic acids is 2. The van der Waals surface area contributed by atoms with Crippen LogP contribution in [0.25, 0.3) is 44.3 Å². The normalized spacial score (nSPS) is 13.6. The maximum absolute atomic E-state index is 14.5. The van der Waals surface area contributed by atoms with Crippen molar-refractivity contribution >= 4 is 80.0 Å². The van der Waals surface area contributed by atoms with Crippen molar-refractivity contribution in [3.05, 3.63) is 127 Å². The van der Waals surface area contributed by atoms with E-state index in [9.17, 15) is 9.59 Å². The predicted molar refractivity (Wildman–Crippen MR) is 200 cm³/mol. The van der Waals surface area contributed by atoms with Crippen molar-refractivity contribution in [3.8, 4) is 22.5 Å². The number of hydrogen-bond donors (Lipinski definition) is 0. The van der Waals surface area contributed by atoms with Crippen LogP contribution in [0.5, 0.6) is 0 Å². The molecule has 1 fully saturated rings. The van der Waals surface area contributed by atoms with E-state index in [0.29, 0.717) is 97.4 Å². The van der Waals surface area contributed by atoms with E-state index < -0.39 is 0 Å². The average molecular weight is 729 g/mol. The second kappa shape index (κ2) is 13.6. The maximum atomic E-state index is 14.5. The molecule has 0 saturated carbocycles. The molecular formula is C39H30Cl4N4O2. The fourth-order valence-corrected chi connectivity index (χ4v) is 7.69. The lowest BCUT2D eigenvalue weighted by atomic mass is 9.96. The molecule has 0 aliphatic carbocycles. The molecule has 0 unspecified atom stereocenters. The number of benzene rings is 4. The maximum Gasteiger partial charge on any atom is 0.254 e. The van der Waals surface area contributed by atoms with Crippen molar-refractivity contribution < 1.29 is 9.59 Å². The number of nitrogens with zero attached hydrogens (tertiary/aromatic N) is 4. The van der Waals surface area contributed by atoms with Crippen molar-refractivity contribution in [1.29, 1.82) is 0 Å². The summed E-state index contributed by atoms with van der Waals surface area (Å²) >= 11 is 25.6. The molecule has 1 aliphatic heterocycles. The second-order valence-corrected chi connectivity index (χ2v) is 13.8. The highest BCUT2D eigenvalue weighted by molar-refractivity contribution is 6.37. The summed E-state index contributed by atoms with van der Waals surface area (Å²) in [4.78, 5) is 42.4. The zero-order valence-corrected chi connectivity index (χ0v) is 29.8. The largest absolute Gasteiger partial charge is 0.337 e. The minimum Gasteiger partial charge on any atom is -0.337 e. The smallest absolute Gasteiger partial charge is 0.254 e. The number of hydrogen-bond acceptors (Lipinski definition) is 4. The average Bonchev–Trinajstić information content (AvgIpc) is 3.34. The molecule has 1 aliphatic rings. The lowest BCUT2D eigenvalue weighted by Crippen LogP contribution is -2.38. The number of pyridine rings is 2. The van der Waals surface area contributed by atoms with Crippen molar-refractivity contribution in [2.75, 3.05) is 26.2 Å². The Balaban J connectivity index is 1.22. The van der Waals surface area contributed by atoms with Gasteiger partial charge in [-0.15, -0.1) is 0 Å². The van der Waals surface area contributed by atoms with Crippen molar-refractivity contribution in [1.82, 2.24) is 19.8 Å². The third-order valence-corrected chi connectivity index (χ3v) is 10.2. The molecule has 0 radical (unpaired) electrons. The molecule has 0 spiro atoms. The Labute approximate surface area is 304 Å². The molecule has 0 bridgehead atoms. The standard InChI is InChI=1S/C39H30Cl4N4O2/c1-22-34(28-8-3-5-10-32(28)44-36(22)26-14-12-24(40)20-30(26)42)38(48)46-16-7-17-47(19-18-46)39(49)35-23(2)37(27-15-13-25(41)21-31(27)43)45-33-11-6-4-9-29(33)35/h3-6,8-15,20-21H,7,16-19H2,1-2H3. The summed E-state index contributed by atoms with van der Waals surface area (Å²) in [6, 6.07) is 25.8. The van der Waals surface area contributed by atoms with Gasteiger partial charge >= 0.3 is 0 Å². The molecule has 7 rings (SSSR count). The molecule has 3 heterocycles. The van der Waals surface area contributed by atoms with Crippen LogP contribution in [0.2, 0.25) is 20.1 Å². The molecule has 0 atom stereocenters. The lowest BCUT2D eigenvalue weighted by Gasteiger charge is -2.25. The number of carbonyl (C=O) groups is 2. The Morgan fingerprint density at radius 2 is 0.980 bits per heavy atom. The van der Waals surface area contributed by atoms with E-state index in [1.54, 1.807) is 24.3 Å². The minimum absolute atomic E-state index is 0.109. The number of fused-ring (bicyclic) bond motifs is 2. The summed E-state index contributed by atoms with van der Waals surface area (Å²) in [5.74, 6) is -0.219. The topological polar surface area (TPSA) is 66.4 Å². The van der Waals surface area contributed by atoms with Crippen molar-refractivity contribution in [2.45, 2.75) is 20.3 Å². The van der Waals surface area contributed by atoms with E-state index in [4.69, 9.17) is 56.4 Å². The van der Waals surface area contributed by atoms with Crippen molar-refractivity contribution in [2.24, 2.45) is 0 Å². The first kappa shape index (κ1) is 33.3. The Morgan fingerprint density at radius 3 is 1.39 bits per heavy atom. The Bertz CT molecular complexity index is 2150. The number of aromatic nitrogens is 2. The summed E-state index contributed by atoms with van der Waals surface area (Å²) in [6.07, 6.45) is 0.618. The van der Waals surface area contributed by atoms with Gasteiger partial charge in [-0.2, -0.15) is 0 Å². The van der Waals surface area contributed by atoms with Gasteiger partial charge in [0, 0.05) is 58.1 Å². The van der Waals surface area contributed by atoms with Gasteiger partial charge in [0.2, 0.25) is 0 Å². The molecule has 2 amide bonds. The quantitative estimate of drug-likeness (QED) is 0.181. The summed E-state index contributed by atoms with van der Waals surface area (Å²) < 4.78 is 0. The van der Waals surface area contributed by atoms with Gasteiger partial charge in [0.25, 0.3) is 11.8 Å². The van der Waals surface area contributed by atoms with Crippen LogP contribution >= 0.6 is 46.4 Å². The van der Waals surface area contributed by atoms with Crippen LogP contribution in [0.15, 0.2) is 84.9 Å². The highest BCUT2D eigenvalue weighted by Crippen LogP contribution is 2.37. The molecular weight excluding hydrogens is 698 g/mol. The molecule has 10 heteroatoms. The van der Waals surface area contributed by atoms with Crippen LogP contribution in [0, 0.1) is 13.8 Å². The van der Waals surface area contributed by atoms with Gasteiger partial charge in [-0.25, -0.2) is 9.97 Å². The summed E-state index contributed by atoms with van der Waals surface area (Å²) in [5, 5.41) is 3.49. The first-order chi connectivity index (χ1) is 23.6. The molecule has 2 aromatic heterocycles. The van der Waals surface area contributed by atoms with E-state index in [1.807, 2.05) is 84.3 Å². The van der Waals surface area contributed by atoms with Crippen LogP contribution in [-0.2, 0) is 0 Å². The first-order valence-corrected chi connectivity index (χ1v) is 17.4. The van der Waals surface area contributed by atoms with Gasteiger partial charge in [0.1, 0.15) is 0 Å². The van der Waals surface area contributed by atoms with Gasteiger partial charge in [0.05, 0.1) is 43.6 Å². The van der Waals surface area contributed by atoms with Crippen molar-refractivity contribution in [3.63, 3.8) is 0 Å². The first-order valence-electron chi connectivity index (χ1n) is 15.9. The highest BCUT2D eigenvalue weighted by Gasteiger charge is 2.29. The van der Waals surface area contributed by atoms with Crippen LogP contribution in [-0.4, -0.2) is 57.8 Å². The molecule has 6 nitrogen and oxygen atoms in total. The van der Waals surface area contributed by atoms with E-state index in [2.05, 4.69) is 0 Å². The van der Waals surface area contributed by atoms with E-state index in [0.717, 1.165) is 21.9 Å². The molecule has 4 aromatic carbocycles. The van der Waals surface area contributed by atoms with E-state index in [1.165, 1.54) is 0 Å². The van der Waals surface area contributed by atoms with Crippen LogP contribution in [0.1, 0.15) is 38.3 Å². The van der Waals surface area contributed by atoms with Crippen LogP contribution < -0.4 is 0 Å². The molecule has 6 aromatic rings. The molecule has 49 heavy (non-hydrogen) atoms. The summed E-state index contributed by atoms with van der Waals surface area (Å²) in [6.45, 7) is 5.55. The Kier molecular flexibility index (Phi) is 9.25. The fraction of sp³-hybridized carbons (Fsp3) is 0.179. The zero-order chi connectivity index (χ0) is 34.4. The molecule has 0 N–H and O–H groups in total. The highest BCUT2D eigenvalue weighted by atomic mass is 35.5.